The van der Waals surface area contributed by atoms with Gasteiger partial charge in [0.1, 0.15) is 0 Å². The number of amides is 2. The molecule has 160 valence electrons. The average molecular weight is 416 g/mol. The topological polar surface area (TPSA) is 61.4 Å². The van der Waals surface area contributed by atoms with Gasteiger partial charge in [0.15, 0.2) is 0 Å². The summed E-state index contributed by atoms with van der Waals surface area (Å²) in [6.45, 7) is 4.38. The van der Waals surface area contributed by atoms with Crippen LogP contribution < -0.4 is 5.32 Å². The molecule has 0 aliphatic carbocycles. The molecule has 31 heavy (non-hydrogen) atoms. The van der Waals surface area contributed by atoms with Crippen molar-refractivity contribution in [3.63, 3.8) is 0 Å². The third-order valence-electron chi connectivity index (χ3n) is 6.51. The normalized spacial score (nSPS) is 17.3. The second-order valence-corrected chi connectivity index (χ2v) is 8.62. The van der Waals surface area contributed by atoms with Crippen molar-refractivity contribution in [1.29, 1.82) is 0 Å². The highest BCUT2D eigenvalue weighted by Gasteiger charge is 2.27. The fourth-order valence-corrected chi connectivity index (χ4v) is 4.63. The first-order chi connectivity index (χ1) is 15.3. The van der Waals surface area contributed by atoms with Gasteiger partial charge in [-0.05, 0) is 54.5 Å². The zero-order valence-electron chi connectivity index (χ0n) is 17.8. The first kappa shape index (κ1) is 19.8. The standard InChI is InChI=1S/C25H29N5O/c31-25(29-13-3-4-14-29)30-15-10-19(11-16-30)18-27-24-26-12-9-23(28-24)22-8-7-20-5-1-2-6-21(20)17-22/h1-2,5-9,12,17,19H,3-4,10-11,13-16,18H2,(H,26,27,28). The minimum atomic E-state index is 0.232. The highest BCUT2D eigenvalue weighted by atomic mass is 16.2. The van der Waals surface area contributed by atoms with Gasteiger partial charge < -0.3 is 15.1 Å². The van der Waals surface area contributed by atoms with Crippen LogP contribution in [0.2, 0.25) is 0 Å². The van der Waals surface area contributed by atoms with Crippen LogP contribution in [0.1, 0.15) is 25.7 Å². The van der Waals surface area contributed by atoms with Crippen LogP contribution in [0.15, 0.2) is 54.7 Å². The molecule has 0 unspecified atom stereocenters. The SMILES string of the molecule is O=C(N1CCCC1)N1CCC(CNc2nccc(-c3ccc4ccccc4c3)n2)CC1. The summed E-state index contributed by atoms with van der Waals surface area (Å²) in [4.78, 5) is 25.7. The maximum Gasteiger partial charge on any atom is 0.319 e. The Bertz CT molecular complexity index is 1050. The summed E-state index contributed by atoms with van der Waals surface area (Å²) in [5, 5.41) is 5.87. The van der Waals surface area contributed by atoms with Crippen molar-refractivity contribution in [3.8, 4) is 11.3 Å². The van der Waals surface area contributed by atoms with Crippen LogP contribution in [0.3, 0.4) is 0 Å². The predicted molar refractivity (Wildman–Crippen MR) is 124 cm³/mol. The van der Waals surface area contributed by atoms with E-state index < -0.39 is 0 Å². The van der Waals surface area contributed by atoms with Crippen LogP contribution in [0.25, 0.3) is 22.0 Å². The summed E-state index contributed by atoms with van der Waals surface area (Å²) >= 11 is 0. The molecule has 0 saturated carbocycles. The Morgan fingerprint density at radius 2 is 1.68 bits per heavy atom. The van der Waals surface area contributed by atoms with Crippen molar-refractivity contribution < 1.29 is 4.79 Å². The van der Waals surface area contributed by atoms with Gasteiger partial charge in [-0.3, -0.25) is 0 Å². The molecule has 6 heteroatoms. The first-order valence-electron chi connectivity index (χ1n) is 11.4. The fourth-order valence-electron chi connectivity index (χ4n) is 4.63. The van der Waals surface area contributed by atoms with Gasteiger partial charge in [0.05, 0.1) is 5.69 Å². The van der Waals surface area contributed by atoms with Gasteiger partial charge in [0.2, 0.25) is 5.95 Å². The second-order valence-electron chi connectivity index (χ2n) is 8.62. The molecule has 0 bridgehead atoms. The zero-order chi connectivity index (χ0) is 21.0. The molecule has 2 aliphatic heterocycles. The number of rotatable bonds is 4. The monoisotopic (exact) mass is 415 g/mol. The largest absolute Gasteiger partial charge is 0.354 e. The average Bonchev–Trinajstić information content (AvgIpc) is 3.38. The summed E-state index contributed by atoms with van der Waals surface area (Å²) < 4.78 is 0. The minimum absolute atomic E-state index is 0.232. The molecule has 2 fully saturated rings. The number of benzene rings is 2. The number of anilines is 1. The third-order valence-corrected chi connectivity index (χ3v) is 6.51. The maximum atomic E-state index is 12.6. The van der Waals surface area contributed by atoms with E-state index in [0.717, 1.165) is 69.7 Å². The molecule has 2 aromatic carbocycles. The lowest BCUT2D eigenvalue weighted by Crippen LogP contribution is -2.46. The lowest BCUT2D eigenvalue weighted by Gasteiger charge is -2.34. The molecule has 6 nitrogen and oxygen atoms in total. The van der Waals surface area contributed by atoms with Crippen molar-refractivity contribution in [2.24, 2.45) is 5.92 Å². The van der Waals surface area contributed by atoms with Crippen LogP contribution in [0, 0.1) is 5.92 Å². The quantitative estimate of drug-likeness (QED) is 0.675. The number of piperidine rings is 1. The molecule has 0 spiro atoms. The Kier molecular flexibility index (Phi) is 5.69. The summed E-state index contributed by atoms with van der Waals surface area (Å²) in [7, 11) is 0. The van der Waals surface area contributed by atoms with E-state index in [9.17, 15) is 4.79 Å². The Balaban J connectivity index is 1.17. The fraction of sp³-hybridized carbons (Fsp3) is 0.400. The number of urea groups is 1. The van der Waals surface area contributed by atoms with Gasteiger partial charge in [0, 0.05) is 44.5 Å². The molecule has 3 aromatic rings. The van der Waals surface area contributed by atoms with E-state index in [1.54, 1.807) is 0 Å². The molecule has 2 aliphatic rings. The molecule has 1 N–H and O–H groups in total. The van der Waals surface area contributed by atoms with Crippen LogP contribution >= 0.6 is 0 Å². The molecule has 2 saturated heterocycles. The van der Waals surface area contributed by atoms with Gasteiger partial charge in [-0.1, -0.05) is 36.4 Å². The Hall–Kier alpha value is -3.15. The van der Waals surface area contributed by atoms with E-state index in [2.05, 4.69) is 52.8 Å². The van der Waals surface area contributed by atoms with Crippen molar-refractivity contribution in [2.45, 2.75) is 25.7 Å². The first-order valence-corrected chi connectivity index (χ1v) is 11.4. The maximum absolute atomic E-state index is 12.6. The summed E-state index contributed by atoms with van der Waals surface area (Å²) in [6, 6.07) is 17.0. The number of likely N-dealkylation sites (tertiary alicyclic amines) is 2. The van der Waals surface area contributed by atoms with Crippen molar-refractivity contribution in [2.75, 3.05) is 38.0 Å². The molecule has 5 rings (SSSR count). The van der Waals surface area contributed by atoms with Crippen LogP contribution in [-0.4, -0.2) is 58.5 Å². The zero-order valence-corrected chi connectivity index (χ0v) is 17.8. The summed E-state index contributed by atoms with van der Waals surface area (Å²) in [6.07, 6.45) is 6.15. The third kappa shape index (κ3) is 4.48. The highest BCUT2D eigenvalue weighted by Crippen LogP contribution is 2.24. The van der Waals surface area contributed by atoms with E-state index in [1.807, 2.05) is 22.1 Å². The van der Waals surface area contributed by atoms with Gasteiger partial charge in [-0.2, -0.15) is 0 Å². The molecule has 0 radical (unpaired) electrons. The molecular weight excluding hydrogens is 386 g/mol. The number of hydrogen-bond acceptors (Lipinski definition) is 4. The van der Waals surface area contributed by atoms with Crippen molar-refractivity contribution >= 4 is 22.8 Å². The molecular formula is C25H29N5O. The number of carbonyl (C=O) groups excluding carboxylic acids is 1. The van der Waals surface area contributed by atoms with E-state index in [4.69, 9.17) is 4.98 Å². The van der Waals surface area contributed by atoms with Crippen molar-refractivity contribution in [3.05, 3.63) is 54.7 Å². The molecule has 3 heterocycles. The lowest BCUT2D eigenvalue weighted by atomic mass is 9.97. The summed E-state index contributed by atoms with van der Waals surface area (Å²) in [5.41, 5.74) is 2.02. The Morgan fingerprint density at radius 1 is 0.935 bits per heavy atom. The number of nitrogens with zero attached hydrogens (tertiary/aromatic N) is 4. The smallest absolute Gasteiger partial charge is 0.319 e. The van der Waals surface area contributed by atoms with E-state index in [1.165, 1.54) is 10.8 Å². The number of carbonyl (C=O) groups is 1. The van der Waals surface area contributed by atoms with Gasteiger partial charge in [-0.15, -0.1) is 0 Å². The van der Waals surface area contributed by atoms with Crippen LogP contribution in [0.4, 0.5) is 10.7 Å². The Labute approximate surface area is 183 Å². The number of hydrogen-bond donors (Lipinski definition) is 1. The number of fused-ring (bicyclic) bond motifs is 1. The van der Waals surface area contributed by atoms with Gasteiger partial charge in [-0.25, -0.2) is 14.8 Å². The highest BCUT2D eigenvalue weighted by molar-refractivity contribution is 5.86. The predicted octanol–water partition coefficient (Wildman–Crippen LogP) is 4.64. The van der Waals surface area contributed by atoms with Crippen molar-refractivity contribution in [1.82, 2.24) is 19.8 Å². The summed E-state index contributed by atoms with van der Waals surface area (Å²) in [5.74, 6) is 1.21. The second kappa shape index (κ2) is 8.92. The molecule has 2 amide bonds. The van der Waals surface area contributed by atoms with Crippen LogP contribution in [0.5, 0.6) is 0 Å². The molecule has 1 aromatic heterocycles. The van der Waals surface area contributed by atoms with E-state index >= 15 is 0 Å². The lowest BCUT2D eigenvalue weighted by molar-refractivity contribution is 0.142. The van der Waals surface area contributed by atoms with Gasteiger partial charge in [0.25, 0.3) is 0 Å². The van der Waals surface area contributed by atoms with Crippen LogP contribution in [-0.2, 0) is 0 Å². The van der Waals surface area contributed by atoms with E-state index in [-0.39, 0.29) is 6.03 Å². The number of aromatic nitrogens is 2. The Morgan fingerprint density at radius 3 is 2.48 bits per heavy atom. The van der Waals surface area contributed by atoms with Gasteiger partial charge >= 0.3 is 6.03 Å². The van der Waals surface area contributed by atoms with E-state index in [0.29, 0.717) is 11.9 Å². The number of nitrogens with one attached hydrogen (secondary N) is 1. The minimum Gasteiger partial charge on any atom is -0.354 e. The molecule has 0 atom stereocenters.